The van der Waals surface area contributed by atoms with Crippen LogP contribution in [0.3, 0.4) is 0 Å². The van der Waals surface area contributed by atoms with E-state index in [1.54, 1.807) is 0 Å². The number of nitrogens with zero attached hydrogens (tertiary/aromatic N) is 1. The first-order valence-electron chi connectivity index (χ1n) is 4.85. The molecule has 0 spiro atoms. The van der Waals surface area contributed by atoms with E-state index >= 15 is 0 Å². The smallest absolute Gasteiger partial charge is 0.417 e. The van der Waals surface area contributed by atoms with Crippen molar-refractivity contribution >= 4 is 17.6 Å². The Hall–Kier alpha value is -2.65. The molecule has 0 atom stereocenters. The van der Waals surface area contributed by atoms with Crippen LogP contribution in [-0.4, -0.2) is 22.0 Å². The summed E-state index contributed by atoms with van der Waals surface area (Å²) in [6, 6.07) is 0.312. The molecule has 0 saturated heterocycles. The van der Waals surface area contributed by atoms with Gasteiger partial charge in [0.05, 0.1) is 16.1 Å². The summed E-state index contributed by atoms with van der Waals surface area (Å²) in [7, 11) is 0. The Balaban J connectivity index is 3.64. The van der Waals surface area contributed by atoms with Crippen molar-refractivity contribution in [2.24, 2.45) is 0 Å². The van der Waals surface area contributed by atoms with Crippen LogP contribution in [0.25, 0.3) is 0 Å². The van der Waals surface area contributed by atoms with E-state index in [9.17, 15) is 32.9 Å². The van der Waals surface area contributed by atoms with E-state index in [4.69, 9.17) is 5.11 Å². The normalized spacial score (nSPS) is 11.0. The molecule has 0 fully saturated rings. The molecule has 1 aromatic carbocycles. The quantitative estimate of drug-likeness (QED) is 0.396. The van der Waals surface area contributed by atoms with E-state index in [0.717, 1.165) is 6.92 Å². The highest BCUT2D eigenvalue weighted by atomic mass is 19.4. The molecule has 108 valence electrons. The minimum atomic E-state index is -5.07. The molecule has 0 amide bonds. The molecular weight excluding hydrogens is 287 g/mol. The maximum Gasteiger partial charge on any atom is 0.417 e. The van der Waals surface area contributed by atoms with Gasteiger partial charge in [0.2, 0.25) is 5.75 Å². The summed E-state index contributed by atoms with van der Waals surface area (Å²) in [6.07, 6.45) is -5.07. The van der Waals surface area contributed by atoms with Gasteiger partial charge in [-0.05, 0) is 0 Å². The van der Waals surface area contributed by atoms with Crippen LogP contribution in [0.1, 0.15) is 22.8 Å². The van der Waals surface area contributed by atoms with Crippen LogP contribution in [0, 0.1) is 10.1 Å². The van der Waals surface area contributed by atoms with E-state index in [1.807, 2.05) is 0 Å². The average Bonchev–Trinajstić information content (AvgIpc) is 2.25. The molecule has 1 rings (SSSR count). The minimum Gasteiger partial charge on any atom is -0.478 e. The summed E-state index contributed by atoms with van der Waals surface area (Å²) < 4.78 is 42.4. The van der Waals surface area contributed by atoms with Gasteiger partial charge in [-0.25, -0.2) is 4.79 Å². The number of carbonyl (C=O) groups excluding carboxylic acids is 1. The van der Waals surface area contributed by atoms with Crippen molar-refractivity contribution in [3.63, 3.8) is 0 Å². The van der Waals surface area contributed by atoms with Crippen LogP contribution in [-0.2, 0) is 11.0 Å². The van der Waals surface area contributed by atoms with Crippen molar-refractivity contribution < 1.29 is 37.5 Å². The van der Waals surface area contributed by atoms with Crippen LogP contribution >= 0.6 is 0 Å². The highest BCUT2D eigenvalue weighted by Gasteiger charge is 2.38. The Morgan fingerprint density at radius 2 is 1.90 bits per heavy atom. The monoisotopic (exact) mass is 293 g/mol. The maximum atomic E-state index is 12.7. The van der Waals surface area contributed by atoms with Gasteiger partial charge in [-0.1, -0.05) is 0 Å². The van der Waals surface area contributed by atoms with Crippen LogP contribution < -0.4 is 4.74 Å². The molecule has 0 heterocycles. The molecule has 0 aliphatic rings. The van der Waals surface area contributed by atoms with Crippen LogP contribution in [0.2, 0.25) is 0 Å². The van der Waals surface area contributed by atoms with Gasteiger partial charge in [0, 0.05) is 19.1 Å². The molecule has 10 heteroatoms. The first-order valence-corrected chi connectivity index (χ1v) is 4.85. The highest BCUT2D eigenvalue weighted by Crippen LogP contribution is 2.39. The van der Waals surface area contributed by atoms with Crippen molar-refractivity contribution in [1.29, 1.82) is 0 Å². The first-order chi connectivity index (χ1) is 9.04. The Kier molecular flexibility index (Phi) is 3.97. The zero-order chi connectivity index (χ0) is 15.7. The number of carboxylic acids is 1. The molecule has 1 N–H and O–H groups in total. The lowest BCUT2D eigenvalue weighted by Crippen LogP contribution is -2.15. The van der Waals surface area contributed by atoms with Crippen molar-refractivity contribution in [1.82, 2.24) is 0 Å². The van der Waals surface area contributed by atoms with Crippen molar-refractivity contribution in [2.45, 2.75) is 13.1 Å². The number of alkyl halides is 3. The topological polar surface area (TPSA) is 107 Å². The molecule has 1 aromatic rings. The van der Waals surface area contributed by atoms with E-state index in [2.05, 4.69) is 4.74 Å². The molecule has 7 nitrogen and oxygen atoms in total. The lowest BCUT2D eigenvalue weighted by atomic mass is 10.1. The summed E-state index contributed by atoms with van der Waals surface area (Å²) in [5, 5.41) is 19.4. The summed E-state index contributed by atoms with van der Waals surface area (Å²) in [4.78, 5) is 31.0. The van der Waals surface area contributed by atoms with E-state index in [-0.39, 0.29) is 12.1 Å². The van der Waals surface area contributed by atoms with Gasteiger partial charge >= 0.3 is 23.8 Å². The molecule has 0 bridgehead atoms. The molecule has 20 heavy (non-hydrogen) atoms. The molecule has 0 aromatic heterocycles. The first kappa shape index (κ1) is 15.4. The molecule has 0 saturated carbocycles. The SMILES string of the molecule is CC(=O)Oc1cc(C(F)(F)F)c(C(=O)O)cc1[N+](=O)[O-]. The zero-order valence-electron chi connectivity index (χ0n) is 9.72. The van der Waals surface area contributed by atoms with Gasteiger partial charge in [-0.3, -0.25) is 14.9 Å². The number of carboxylic acid groups (broad SMARTS) is 1. The average molecular weight is 293 g/mol. The van der Waals surface area contributed by atoms with E-state index in [1.165, 1.54) is 0 Å². The number of hydrogen-bond donors (Lipinski definition) is 1. The second kappa shape index (κ2) is 5.15. The van der Waals surface area contributed by atoms with Gasteiger partial charge in [0.1, 0.15) is 0 Å². The van der Waals surface area contributed by atoms with E-state index in [0.29, 0.717) is 0 Å². The molecule has 0 radical (unpaired) electrons. The third-order valence-electron chi connectivity index (χ3n) is 2.09. The summed E-state index contributed by atoms with van der Waals surface area (Å²) in [5.74, 6) is -4.04. The Morgan fingerprint density at radius 3 is 2.25 bits per heavy atom. The summed E-state index contributed by atoms with van der Waals surface area (Å²) >= 11 is 0. The van der Waals surface area contributed by atoms with Gasteiger partial charge in [-0.15, -0.1) is 0 Å². The fourth-order valence-corrected chi connectivity index (χ4v) is 1.36. The fourth-order valence-electron chi connectivity index (χ4n) is 1.36. The van der Waals surface area contributed by atoms with Crippen molar-refractivity contribution in [2.75, 3.05) is 0 Å². The fraction of sp³-hybridized carbons (Fsp3) is 0.200. The predicted octanol–water partition coefficient (Wildman–Crippen LogP) is 2.24. The number of aromatic carboxylic acids is 1. The number of carbonyl (C=O) groups is 2. The minimum absolute atomic E-state index is 0.114. The number of benzene rings is 1. The van der Waals surface area contributed by atoms with Crippen LogP contribution in [0.4, 0.5) is 18.9 Å². The lowest BCUT2D eigenvalue weighted by Gasteiger charge is -2.12. The second-order valence-electron chi connectivity index (χ2n) is 3.52. The van der Waals surface area contributed by atoms with Gasteiger partial charge in [0.25, 0.3) is 0 Å². The summed E-state index contributed by atoms with van der Waals surface area (Å²) in [6.45, 7) is 0.835. The number of rotatable bonds is 3. The summed E-state index contributed by atoms with van der Waals surface area (Å²) in [5.41, 5.74) is -4.00. The standard InChI is InChI=1S/C10H6F3NO6/c1-4(15)20-8-3-6(10(11,12)13)5(9(16)17)2-7(8)14(18)19/h2-3H,1H3,(H,16,17). The maximum absolute atomic E-state index is 12.7. The van der Waals surface area contributed by atoms with Gasteiger partial charge in [0.15, 0.2) is 0 Å². The van der Waals surface area contributed by atoms with Crippen molar-refractivity contribution in [3.8, 4) is 5.75 Å². The largest absolute Gasteiger partial charge is 0.478 e. The molecule has 0 aliphatic heterocycles. The Labute approximate surface area is 108 Å². The molecule has 0 unspecified atom stereocenters. The third kappa shape index (κ3) is 3.22. The molecular formula is C10H6F3NO6. The second-order valence-corrected chi connectivity index (χ2v) is 3.52. The molecule has 0 aliphatic carbocycles. The number of esters is 1. The number of nitro benzene ring substituents is 1. The highest BCUT2D eigenvalue weighted by molar-refractivity contribution is 5.91. The Morgan fingerprint density at radius 1 is 1.35 bits per heavy atom. The third-order valence-corrected chi connectivity index (χ3v) is 2.09. The Bertz CT molecular complexity index is 595. The number of nitro groups is 1. The van der Waals surface area contributed by atoms with Gasteiger partial charge < -0.3 is 9.84 Å². The predicted molar refractivity (Wildman–Crippen MR) is 56.4 cm³/mol. The van der Waals surface area contributed by atoms with Gasteiger partial charge in [-0.2, -0.15) is 13.2 Å². The van der Waals surface area contributed by atoms with Crippen LogP contribution in [0.5, 0.6) is 5.75 Å². The van der Waals surface area contributed by atoms with E-state index < -0.39 is 45.6 Å². The number of halogens is 3. The lowest BCUT2D eigenvalue weighted by molar-refractivity contribution is -0.385. The van der Waals surface area contributed by atoms with Crippen molar-refractivity contribution in [3.05, 3.63) is 33.4 Å². The number of hydrogen-bond acceptors (Lipinski definition) is 5. The zero-order valence-corrected chi connectivity index (χ0v) is 9.72. The van der Waals surface area contributed by atoms with Crippen LogP contribution in [0.15, 0.2) is 12.1 Å². The number of ether oxygens (including phenoxy) is 1.